The molecule has 1 amide bonds. The predicted octanol–water partition coefficient (Wildman–Crippen LogP) is 5.19. The molecule has 0 spiro atoms. The molecule has 0 unspecified atom stereocenters. The SMILES string of the molecule is CCC(CC)n1c(Cc2cccs2)nc2cc(C(=O)N[C@@H](CO)CC(C)C)ccc21. The number of benzene rings is 1. The highest BCUT2D eigenvalue weighted by atomic mass is 32.1. The smallest absolute Gasteiger partial charge is 0.251 e. The molecule has 5 nitrogen and oxygen atoms in total. The zero-order valence-corrected chi connectivity index (χ0v) is 19.2. The van der Waals surface area contributed by atoms with Crippen molar-refractivity contribution in [3.05, 3.63) is 52.0 Å². The van der Waals surface area contributed by atoms with Crippen LogP contribution in [0.2, 0.25) is 0 Å². The largest absolute Gasteiger partial charge is 0.394 e. The molecule has 0 fully saturated rings. The molecule has 1 aromatic carbocycles. The quantitative estimate of drug-likeness (QED) is 0.468. The second kappa shape index (κ2) is 10.2. The summed E-state index contributed by atoms with van der Waals surface area (Å²) >= 11 is 1.74. The molecule has 0 saturated heterocycles. The molecule has 2 heterocycles. The van der Waals surface area contributed by atoms with Crippen LogP contribution in [0.1, 0.15) is 74.1 Å². The third-order valence-electron chi connectivity index (χ3n) is 5.56. The van der Waals surface area contributed by atoms with E-state index >= 15 is 0 Å². The van der Waals surface area contributed by atoms with Crippen molar-refractivity contribution in [1.82, 2.24) is 14.9 Å². The fourth-order valence-corrected chi connectivity index (χ4v) is 4.76. The minimum Gasteiger partial charge on any atom is -0.394 e. The van der Waals surface area contributed by atoms with Crippen LogP contribution in [0.4, 0.5) is 0 Å². The Morgan fingerprint density at radius 2 is 2.00 bits per heavy atom. The van der Waals surface area contributed by atoms with Crippen LogP contribution in [0.15, 0.2) is 35.7 Å². The molecule has 3 rings (SSSR count). The molecule has 1 atom stereocenters. The van der Waals surface area contributed by atoms with Gasteiger partial charge in [0.2, 0.25) is 0 Å². The Kier molecular flexibility index (Phi) is 7.67. The molecule has 0 aliphatic heterocycles. The highest BCUT2D eigenvalue weighted by molar-refractivity contribution is 7.09. The van der Waals surface area contributed by atoms with E-state index in [-0.39, 0.29) is 18.6 Å². The molecular formula is C24H33N3O2S. The first-order chi connectivity index (χ1) is 14.5. The number of fused-ring (bicyclic) bond motifs is 1. The average molecular weight is 428 g/mol. The van der Waals surface area contributed by atoms with Gasteiger partial charge >= 0.3 is 0 Å². The molecule has 6 heteroatoms. The zero-order chi connectivity index (χ0) is 21.7. The zero-order valence-electron chi connectivity index (χ0n) is 18.4. The number of carbonyl (C=O) groups excluding carboxylic acids is 1. The third kappa shape index (κ3) is 5.10. The van der Waals surface area contributed by atoms with E-state index in [0.29, 0.717) is 17.5 Å². The van der Waals surface area contributed by atoms with Gasteiger partial charge in [-0.25, -0.2) is 4.98 Å². The van der Waals surface area contributed by atoms with Gasteiger partial charge in [-0.2, -0.15) is 0 Å². The fraction of sp³-hybridized carbons (Fsp3) is 0.500. The van der Waals surface area contributed by atoms with Crippen molar-refractivity contribution in [3.8, 4) is 0 Å². The maximum absolute atomic E-state index is 12.8. The van der Waals surface area contributed by atoms with Gasteiger partial charge in [-0.1, -0.05) is 33.8 Å². The Morgan fingerprint density at radius 3 is 2.60 bits per heavy atom. The number of hydrogen-bond acceptors (Lipinski definition) is 4. The van der Waals surface area contributed by atoms with Crippen molar-refractivity contribution in [3.63, 3.8) is 0 Å². The van der Waals surface area contributed by atoms with Gasteiger partial charge in [0.15, 0.2) is 0 Å². The number of aliphatic hydroxyl groups is 1. The van der Waals surface area contributed by atoms with E-state index in [1.165, 1.54) is 4.88 Å². The number of nitrogens with one attached hydrogen (secondary N) is 1. The Hall–Kier alpha value is -2.18. The van der Waals surface area contributed by atoms with Crippen molar-refractivity contribution >= 4 is 28.3 Å². The van der Waals surface area contributed by atoms with Crippen molar-refractivity contribution in [2.24, 2.45) is 5.92 Å². The Morgan fingerprint density at radius 1 is 1.23 bits per heavy atom. The lowest BCUT2D eigenvalue weighted by atomic mass is 10.0. The van der Waals surface area contributed by atoms with Gasteiger partial charge in [0.1, 0.15) is 5.82 Å². The van der Waals surface area contributed by atoms with Crippen LogP contribution in [0.5, 0.6) is 0 Å². The van der Waals surface area contributed by atoms with E-state index < -0.39 is 0 Å². The lowest BCUT2D eigenvalue weighted by Gasteiger charge is -2.19. The maximum Gasteiger partial charge on any atom is 0.251 e. The number of carbonyl (C=O) groups is 1. The summed E-state index contributed by atoms with van der Waals surface area (Å²) < 4.78 is 2.35. The lowest BCUT2D eigenvalue weighted by molar-refractivity contribution is 0.0908. The van der Waals surface area contributed by atoms with Gasteiger partial charge in [0.05, 0.1) is 23.7 Å². The topological polar surface area (TPSA) is 67.2 Å². The Labute approximate surface area is 183 Å². The fourth-order valence-electron chi connectivity index (χ4n) is 4.06. The number of rotatable bonds is 10. The predicted molar refractivity (Wildman–Crippen MR) is 124 cm³/mol. The molecule has 0 saturated carbocycles. The van der Waals surface area contributed by atoms with Crippen LogP contribution >= 0.6 is 11.3 Å². The van der Waals surface area contributed by atoms with Gasteiger partial charge in [0.25, 0.3) is 5.91 Å². The van der Waals surface area contributed by atoms with Gasteiger partial charge < -0.3 is 15.0 Å². The number of thiophene rings is 1. The molecule has 30 heavy (non-hydrogen) atoms. The number of hydrogen-bond donors (Lipinski definition) is 2. The lowest BCUT2D eigenvalue weighted by Crippen LogP contribution is -2.38. The first-order valence-corrected chi connectivity index (χ1v) is 11.8. The molecule has 2 N–H and O–H groups in total. The molecule has 0 aliphatic carbocycles. The Balaban J connectivity index is 1.94. The Bertz CT molecular complexity index is 958. The molecule has 3 aromatic rings. The van der Waals surface area contributed by atoms with Crippen molar-refractivity contribution in [2.75, 3.05) is 6.61 Å². The number of imidazole rings is 1. The number of aliphatic hydroxyl groups excluding tert-OH is 1. The van der Waals surface area contributed by atoms with Crippen LogP contribution in [-0.2, 0) is 6.42 Å². The third-order valence-corrected chi connectivity index (χ3v) is 6.43. The van der Waals surface area contributed by atoms with Gasteiger partial charge in [-0.15, -0.1) is 11.3 Å². The normalized spacial score (nSPS) is 12.8. The maximum atomic E-state index is 12.8. The molecule has 0 radical (unpaired) electrons. The van der Waals surface area contributed by atoms with E-state index in [2.05, 4.69) is 55.1 Å². The minimum atomic E-state index is -0.232. The van der Waals surface area contributed by atoms with Gasteiger partial charge in [-0.3, -0.25) is 4.79 Å². The molecule has 0 aliphatic rings. The summed E-state index contributed by atoms with van der Waals surface area (Å²) in [6.45, 7) is 8.53. The van der Waals surface area contributed by atoms with Crippen molar-refractivity contribution in [1.29, 1.82) is 0 Å². The number of nitrogens with zero attached hydrogens (tertiary/aromatic N) is 2. The van der Waals surface area contributed by atoms with Crippen molar-refractivity contribution < 1.29 is 9.90 Å². The van der Waals surface area contributed by atoms with Gasteiger partial charge in [-0.05, 0) is 54.8 Å². The van der Waals surface area contributed by atoms with Crippen LogP contribution in [0.3, 0.4) is 0 Å². The summed E-state index contributed by atoms with van der Waals surface area (Å²) in [5, 5.41) is 14.6. The van der Waals surface area contributed by atoms with Crippen LogP contribution in [0, 0.1) is 5.92 Å². The van der Waals surface area contributed by atoms with E-state index in [0.717, 1.165) is 42.5 Å². The summed E-state index contributed by atoms with van der Waals surface area (Å²) in [5.41, 5.74) is 2.51. The second-order valence-corrected chi connectivity index (χ2v) is 9.34. The van der Waals surface area contributed by atoms with E-state index in [4.69, 9.17) is 4.98 Å². The summed E-state index contributed by atoms with van der Waals surface area (Å²) in [5.74, 6) is 1.29. The molecular weight excluding hydrogens is 394 g/mol. The summed E-state index contributed by atoms with van der Waals surface area (Å²) in [7, 11) is 0. The average Bonchev–Trinajstić information content (AvgIpc) is 3.36. The number of amides is 1. The van der Waals surface area contributed by atoms with E-state index in [1.807, 2.05) is 18.2 Å². The highest BCUT2D eigenvalue weighted by Crippen LogP contribution is 2.28. The second-order valence-electron chi connectivity index (χ2n) is 8.31. The first-order valence-electron chi connectivity index (χ1n) is 10.9. The molecule has 162 valence electrons. The highest BCUT2D eigenvalue weighted by Gasteiger charge is 2.20. The van der Waals surface area contributed by atoms with Crippen LogP contribution in [0.25, 0.3) is 11.0 Å². The standard InChI is InChI=1S/C24H33N3O2S/c1-5-19(6-2)27-22-10-9-17(24(29)25-18(15-28)12-16(3)4)13-21(22)26-23(27)14-20-8-7-11-30-20/h7-11,13,16,18-19,28H,5-6,12,14-15H2,1-4H3,(H,25,29)/t18-/m1/s1. The summed E-state index contributed by atoms with van der Waals surface area (Å²) in [6.07, 6.45) is 3.62. The number of aromatic nitrogens is 2. The molecule has 0 bridgehead atoms. The van der Waals surface area contributed by atoms with E-state index in [1.54, 1.807) is 11.3 Å². The van der Waals surface area contributed by atoms with Gasteiger partial charge in [0, 0.05) is 22.9 Å². The van der Waals surface area contributed by atoms with Crippen LogP contribution < -0.4 is 5.32 Å². The van der Waals surface area contributed by atoms with Crippen LogP contribution in [-0.4, -0.2) is 33.2 Å². The summed E-state index contributed by atoms with van der Waals surface area (Å²) in [6, 6.07) is 10.1. The molecule has 2 aromatic heterocycles. The van der Waals surface area contributed by atoms with Crippen molar-refractivity contribution in [2.45, 2.75) is 65.5 Å². The summed E-state index contributed by atoms with van der Waals surface area (Å²) in [4.78, 5) is 19.0. The minimum absolute atomic E-state index is 0.0551. The first kappa shape index (κ1) is 22.5. The monoisotopic (exact) mass is 427 g/mol. The van der Waals surface area contributed by atoms with E-state index in [9.17, 15) is 9.90 Å².